The second-order valence-corrected chi connectivity index (χ2v) is 5.97. The summed E-state index contributed by atoms with van der Waals surface area (Å²) < 4.78 is 62.9. The maximum atomic E-state index is 12.6. The van der Waals surface area contributed by atoms with Crippen molar-refractivity contribution in [3.05, 3.63) is 28.8 Å². The van der Waals surface area contributed by atoms with Gasteiger partial charge in [0.25, 0.3) is 0 Å². The van der Waals surface area contributed by atoms with Gasteiger partial charge in [0.1, 0.15) is 0 Å². The third-order valence-electron chi connectivity index (χ3n) is 2.17. The summed E-state index contributed by atoms with van der Waals surface area (Å²) in [6, 6.07) is 2.84. The molecule has 19 heavy (non-hydrogen) atoms. The molecule has 0 aromatic heterocycles. The molecule has 9 heteroatoms. The molecule has 2 N–H and O–H groups in total. The van der Waals surface area contributed by atoms with E-state index in [0.717, 1.165) is 6.07 Å². The Bertz CT molecular complexity index is 546. The molecule has 0 unspecified atom stereocenters. The van der Waals surface area contributed by atoms with Gasteiger partial charge in [-0.05, 0) is 25.2 Å². The number of hydrogen-bond acceptors (Lipinski definition) is 3. The molecule has 0 aliphatic rings. The van der Waals surface area contributed by atoms with E-state index >= 15 is 0 Å². The van der Waals surface area contributed by atoms with E-state index < -0.39 is 26.8 Å². The molecule has 0 amide bonds. The zero-order valence-corrected chi connectivity index (χ0v) is 11.5. The Kier molecular flexibility index (Phi) is 5.05. The van der Waals surface area contributed by atoms with Crippen LogP contribution in [0.3, 0.4) is 0 Å². The fourth-order valence-electron chi connectivity index (χ4n) is 1.27. The van der Waals surface area contributed by atoms with Gasteiger partial charge in [0.15, 0.2) is 0 Å². The van der Waals surface area contributed by atoms with Gasteiger partial charge in [0, 0.05) is 12.2 Å². The van der Waals surface area contributed by atoms with E-state index in [2.05, 4.69) is 10.0 Å². The highest BCUT2D eigenvalue weighted by molar-refractivity contribution is 7.92. The molecule has 1 aromatic rings. The number of nitrogens with one attached hydrogen (secondary N) is 2. The number of benzene rings is 1. The summed E-state index contributed by atoms with van der Waals surface area (Å²) in [4.78, 5) is 0. The van der Waals surface area contributed by atoms with Crippen molar-refractivity contribution in [3.8, 4) is 0 Å². The normalized spacial score (nSPS) is 12.5. The lowest BCUT2D eigenvalue weighted by Crippen LogP contribution is -2.24. The lowest BCUT2D eigenvalue weighted by Gasteiger charge is -2.12. The average molecular weight is 317 g/mol. The van der Waals surface area contributed by atoms with Crippen molar-refractivity contribution in [2.45, 2.75) is 6.18 Å². The van der Waals surface area contributed by atoms with Crippen LogP contribution in [0, 0.1) is 0 Å². The number of hydrogen-bond donors (Lipinski definition) is 2. The standard InChI is InChI=1S/C10H12ClF3N2O2S/c1-15-4-5-19(17,18)16-7-2-3-9(11)8(6-7)10(12,13)14/h2-3,6,15-16H,4-5H2,1H3. The summed E-state index contributed by atoms with van der Waals surface area (Å²) >= 11 is 5.43. The van der Waals surface area contributed by atoms with E-state index in [4.69, 9.17) is 11.6 Å². The van der Waals surface area contributed by atoms with Crippen LogP contribution in [0.2, 0.25) is 5.02 Å². The van der Waals surface area contributed by atoms with Gasteiger partial charge in [-0.15, -0.1) is 0 Å². The molecule has 108 valence electrons. The second kappa shape index (κ2) is 5.98. The van der Waals surface area contributed by atoms with Gasteiger partial charge in [0.05, 0.1) is 16.3 Å². The molecule has 1 aromatic carbocycles. The van der Waals surface area contributed by atoms with Crippen LogP contribution < -0.4 is 10.0 Å². The van der Waals surface area contributed by atoms with Crippen molar-refractivity contribution in [1.82, 2.24) is 5.32 Å². The monoisotopic (exact) mass is 316 g/mol. The fraction of sp³-hybridized carbons (Fsp3) is 0.400. The van der Waals surface area contributed by atoms with E-state index in [9.17, 15) is 21.6 Å². The van der Waals surface area contributed by atoms with Crippen LogP contribution in [0.1, 0.15) is 5.56 Å². The first-order valence-corrected chi connectivity index (χ1v) is 7.20. The van der Waals surface area contributed by atoms with E-state index in [-0.39, 0.29) is 18.0 Å². The number of sulfonamides is 1. The molecule has 0 aliphatic carbocycles. The summed E-state index contributed by atoms with van der Waals surface area (Å²) in [5.74, 6) is -0.243. The van der Waals surface area contributed by atoms with E-state index in [0.29, 0.717) is 6.07 Å². The predicted octanol–water partition coefficient (Wildman–Crippen LogP) is 2.32. The SMILES string of the molecule is CNCCS(=O)(=O)Nc1ccc(Cl)c(C(F)(F)F)c1. The summed E-state index contributed by atoms with van der Waals surface area (Å²) in [7, 11) is -2.13. The summed E-state index contributed by atoms with van der Waals surface area (Å²) in [6.07, 6.45) is -4.64. The van der Waals surface area contributed by atoms with Crippen LogP contribution >= 0.6 is 11.6 Å². The Morgan fingerprint density at radius 1 is 1.32 bits per heavy atom. The first-order chi connectivity index (χ1) is 8.65. The summed E-state index contributed by atoms with van der Waals surface area (Å²) in [5.41, 5.74) is -1.25. The van der Waals surface area contributed by atoms with Gasteiger partial charge in [-0.1, -0.05) is 11.6 Å². The molecule has 0 bridgehead atoms. The predicted molar refractivity (Wildman–Crippen MR) is 67.8 cm³/mol. The molecule has 0 saturated carbocycles. The topological polar surface area (TPSA) is 58.2 Å². The Morgan fingerprint density at radius 2 is 1.95 bits per heavy atom. The largest absolute Gasteiger partial charge is 0.417 e. The van der Waals surface area contributed by atoms with Crippen molar-refractivity contribution >= 4 is 27.3 Å². The highest BCUT2D eigenvalue weighted by atomic mass is 35.5. The fourth-order valence-corrected chi connectivity index (χ4v) is 2.56. The van der Waals surface area contributed by atoms with Gasteiger partial charge >= 0.3 is 6.18 Å². The smallest absolute Gasteiger partial charge is 0.319 e. The van der Waals surface area contributed by atoms with Crippen LogP contribution in [-0.2, 0) is 16.2 Å². The van der Waals surface area contributed by atoms with E-state index in [1.54, 1.807) is 7.05 Å². The van der Waals surface area contributed by atoms with Crippen LogP contribution in [0.5, 0.6) is 0 Å². The van der Waals surface area contributed by atoms with Crippen molar-refractivity contribution in [1.29, 1.82) is 0 Å². The minimum absolute atomic E-state index is 0.173. The van der Waals surface area contributed by atoms with Crippen molar-refractivity contribution < 1.29 is 21.6 Å². The Hall–Kier alpha value is -0.990. The first-order valence-electron chi connectivity index (χ1n) is 5.17. The third-order valence-corrected chi connectivity index (χ3v) is 3.78. The van der Waals surface area contributed by atoms with Gasteiger partial charge in [-0.25, -0.2) is 8.42 Å². The van der Waals surface area contributed by atoms with Crippen LogP contribution in [-0.4, -0.2) is 27.8 Å². The molecule has 0 atom stereocenters. The van der Waals surface area contributed by atoms with Crippen LogP contribution in [0.25, 0.3) is 0 Å². The highest BCUT2D eigenvalue weighted by Crippen LogP contribution is 2.36. The highest BCUT2D eigenvalue weighted by Gasteiger charge is 2.33. The van der Waals surface area contributed by atoms with Crippen LogP contribution in [0.4, 0.5) is 18.9 Å². The molecular formula is C10H12ClF3N2O2S. The molecule has 0 heterocycles. The zero-order valence-electron chi connectivity index (χ0n) is 9.88. The minimum atomic E-state index is -4.64. The van der Waals surface area contributed by atoms with E-state index in [1.165, 1.54) is 6.07 Å². The molecule has 0 radical (unpaired) electrons. The molecular weight excluding hydrogens is 305 g/mol. The Labute approximate surface area is 114 Å². The molecule has 0 fully saturated rings. The third kappa shape index (κ3) is 4.88. The maximum absolute atomic E-state index is 12.6. The van der Waals surface area contributed by atoms with Gasteiger partial charge < -0.3 is 5.32 Å². The van der Waals surface area contributed by atoms with Gasteiger partial charge in [-0.3, -0.25) is 4.72 Å². The molecule has 0 saturated heterocycles. The van der Waals surface area contributed by atoms with Gasteiger partial charge in [0.2, 0.25) is 10.0 Å². The van der Waals surface area contributed by atoms with Crippen LogP contribution in [0.15, 0.2) is 18.2 Å². The van der Waals surface area contributed by atoms with Crippen molar-refractivity contribution in [2.24, 2.45) is 0 Å². The average Bonchev–Trinajstić information content (AvgIpc) is 2.27. The minimum Gasteiger partial charge on any atom is -0.319 e. The summed E-state index contributed by atoms with van der Waals surface area (Å²) in [5, 5.41) is 2.15. The lowest BCUT2D eigenvalue weighted by atomic mass is 10.2. The van der Waals surface area contributed by atoms with Crippen molar-refractivity contribution in [2.75, 3.05) is 24.1 Å². The number of anilines is 1. The molecule has 0 spiro atoms. The Balaban J connectivity index is 2.98. The molecule has 1 rings (SSSR count). The lowest BCUT2D eigenvalue weighted by molar-refractivity contribution is -0.137. The van der Waals surface area contributed by atoms with Crippen molar-refractivity contribution in [3.63, 3.8) is 0 Å². The number of halogens is 4. The van der Waals surface area contributed by atoms with E-state index in [1.807, 2.05) is 0 Å². The summed E-state index contributed by atoms with van der Waals surface area (Å²) in [6.45, 7) is 0.190. The number of rotatable bonds is 5. The molecule has 0 aliphatic heterocycles. The number of alkyl halides is 3. The quantitative estimate of drug-likeness (QED) is 0.876. The van der Waals surface area contributed by atoms with Gasteiger partial charge in [-0.2, -0.15) is 13.2 Å². The maximum Gasteiger partial charge on any atom is 0.417 e. The molecule has 4 nitrogen and oxygen atoms in total. The zero-order chi connectivity index (χ0) is 14.7. The second-order valence-electron chi connectivity index (χ2n) is 3.72. The Morgan fingerprint density at radius 3 is 2.47 bits per heavy atom. The first kappa shape index (κ1) is 16.1.